The Morgan fingerprint density at radius 1 is 0.905 bits per heavy atom. The Hall–Kier alpha value is -2.13. The van der Waals surface area contributed by atoms with Crippen LogP contribution in [0.15, 0.2) is 54.6 Å². The largest absolute Gasteiger partial charge is 0.324 e. The van der Waals surface area contributed by atoms with Crippen molar-refractivity contribution in [2.24, 2.45) is 0 Å². The summed E-state index contributed by atoms with van der Waals surface area (Å²) < 4.78 is 0. The summed E-state index contributed by atoms with van der Waals surface area (Å²) in [6.07, 6.45) is 2.31. The van der Waals surface area contributed by atoms with Gasteiger partial charge in [-0.3, -0.25) is 9.69 Å². The molecular formula is C18H18N2O. The SMILES string of the molecule is O=C1Nc2ccccc2C1(c1ccccc1)N1CCCC1. The standard InChI is InChI=1S/C18H18N2O/c21-17-18(20-12-6-7-13-20,14-8-2-1-3-9-14)15-10-4-5-11-16(15)19-17/h1-5,8-11H,6-7,12-13H2,(H,19,21). The zero-order valence-corrected chi connectivity index (χ0v) is 11.9. The number of nitrogens with one attached hydrogen (secondary N) is 1. The van der Waals surface area contributed by atoms with Crippen LogP contribution in [0.1, 0.15) is 24.0 Å². The molecule has 106 valence electrons. The molecule has 21 heavy (non-hydrogen) atoms. The second-order valence-electron chi connectivity index (χ2n) is 5.77. The molecule has 2 aromatic carbocycles. The number of fused-ring (bicyclic) bond motifs is 1. The molecule has 2 aliphatic heterocycles. The second-order valence-corrected chi connectivity index (χ2v) is 5.77. The number of carbonyl (C=O) groups is 1. The molecule has 2 aliphatic rings. The van der Waals surface area contributed by atoms with Crippen molar-refractivity contribution in [1.29, 1.82) is 0 Å². The molecule has 4 rings (SSSR count). The highest BCUT2D eigenvalue weighted by molar-refractivity contribution is 6.08. The van der Waals surface area contributed by atoms with Gasteiger partial charge in [-0.05, 0) is 37.6 Å². The van der Waals surface area contributed by atoms with Crippen molar-refractivity contribution in [3.8, 4) is 0 Å². The lowest BCUT2D eigenvalue weighted by atomic mass is 9.82. The maximum Gasteiger partial charge on any atom is 0.254 e. The van der Waals surface area contributed by atoms with Crippen LogP contribution >= 0.6 is 0 Å². The fourth-order valence-electron chi connectivity index (χ4n) is 3.76. The van der Waals surface area contributed by atoms with Gasteiger partial charge >= 0.3 is 0 Å². The van der Waals surface area contributed by atoms with Gasteiger partial charge in [0.05, 0.1) is 0 Å². The van der Waals surface area contributed by atoms with Crippen molar-refractivity contribution in [2.45, 2.75) is 18.4 Å². The molecule has 0 spiro atoms. The Labute approximate surface area is 124 Å². The summed E-state index contributed by atoms with van der Waals surface area (Å²) in [5.41, 5.74) is 2.43. The molecule has 1 N–H and O–H groups in total. The number of hydrogen-bond donors (Lipinski definition) is 1. The van der Waals surface area contributed by atoms with Gasteiger partial charge in [-0.1, -0.05) is 48.5 Å². The molecular weight excluding hydrogens is 260 g/mol. The van der Waals surface area contributed by atoms with Crippen molar-refractivity contribution >= 4 is 11.6 Å². The number of anilines is 1. The van der Waals surface area contributed by atoms with Crippen molar-refractivity contribution < 1.29 is 4.79 Å². The van der Waals surface area contributed by atoms with E-state index in [4.69, 9.17) is 0 Å². The monoisotopic (exact) mass is 278 g/mol. The maximum atomic E-state index is 13.0. The van der Waals surface area contributed by atoms with Gasteiger partial charge in [0, 0.05) is 11.3 Å². The van der Waals surface area contributed by atoms with E-state index in [0.29, 0.717) is 0 Å². The van der Waals surface area contributed by atoms with E-state index in [2.05, 4.69) is 28.4 Å². The molecule has 3 heteroatoms. The minimum Gasteiger partial charge on any atom is -0.324 e. The van der Waals surface area contributed by atoms with Gasteiger partial charge < -0.3 is 5.32 Å². The molecule has 3 nitrogen and oxygen atoms in total. The fraction of sp³-hybridized carbons (Fsp3) is 0.278. The maximum absolute atomic E-state index is 13.0. The molecule has 0 aliphatic carbocycles. The van der Waals surface area contributed by atoms with Crippen molar-refractivity contribution in [1.82, 2.24) is 4.90 Å². The van der Waals surface area contributed by atoms with Gasteiger partial charge in [-0.15, -0.1) is 0 Å². The topological polar surface area (TPSA) is 32.3 Å². The second kappa shape index (κ2) is 4.71. The number of carbonyl (C=O) groups excluding carboxylic acids is 1. The molecule has 2 aromatic rings. The number of benzene rings is 2. The van der Waals surface area contributed by atoms with Crippen LogP contribution in [0.2, 0.25) is 0 Å². The van der Waals surface area contributed by atoms with E-state index in [-0.39, 0.29) is 5.91 Å². The quantitative estimate of drug-likeness (QED) is 0.916. The van der Waals surface area contributed by atoms with Gasteiger partial charge in [-0.2, -0.15) is 0 Å². The normalized spacial score (nSPS) is 24.9. The van der Waals surface area contributed by atoms with E-state index >= 15 is 0 Å². The van der Waals surface area contributed by atoms with Gasteiger partial charge in [0.25, 0.3) is 5.91 Å². The van der Waals surface area contributed by atoms with Crippen LogP contribution in [-0.2, 0) is 10.3 Å². The third-order valence-electron chi connectivity index (χ3n) is 4.67. The van der Waals surface area contributed by atoms with E-state index in [9.17, 15) is 4.79 Å². The third-order valence-corrected chi connectivity index (χ3v) is 4.67. The lowest BCUT2D eigenvalue weighted by Crippen LogP contribution is -2.50. The van der Waals surface area contributed by atoms with Crippen LogP contribution in [0.3, 0.4) is 0 Å². The third kappa shape index (κ3) is 1.67. The first-order chi connectivity index (χ1) is 10.3. The predicted octanol–water partition coefficient (Wildman–Crippen LogP) is 2.98. The highest BCUT2D eigenvalue weighted by Gasteiger charge is 2.52. The predicted molar refractivity (Wildman–Crippen MR) is 83.1 cm³/mol. The van der Waals surface area contributed by atoms with Crippen molar-refractivity contribution in [3.63, 3.8) is 0 Å². The number of likely N-dealkylation sites (tertiary alicyclic amines) is 1. The summed E-state index contributed by atoms with van der Waals surface area (Å²) in [6, 6.07) is 18.2. The average molecular weight is 278 g/mol. The summed E-state index contributed by atoms with van der Waals surface area (Å²) in [5, 5.41) is 3.08. The highest BCUT2D eigenvalue weighted by atomic mass is 16.2. The highest BCUT2D eigenvalue weighted by Crippen LogP contribution is 2.46. The first-order valence-corrected chi connectivity index (χ1v) is 7.55. The number of nitrogens with zero attached hydrogens (tertiary/aromatic N) is 1. The van der Waals surface area contributed by atoms with Crippen molar-refractivity contribution in [3.05, 3.63) is 65.7 Å². The van der Waals surface area contributed by atoms with Crippen LogP contribution < -0.4 is 5.32 Å². The lowest BCUT2D eigenvalue weighted by Gasteiger charge is -2.37. The zero-order chi connectivity index (χ0) is 14.3. The molecule has 0 aromatic heterocycles. The average Bonchev–Trinajstić information content (AvgIpc) is 3.14. The summed E-state index contributed by atoms with van der Waals surface area (Å²) in [4.78, 5) is 15.3. The molecule has 1 unspecified atom stereocenters. The molecule has 0 bridgehead atoms. The van der Waals surface area contributed by atoms with Gasteiger partial charge in [0.15, 0.2) is 5.54 Å². The van der Waals surface area contributed by atoms with Gasteiger partial charge in [-0.25, -0.2) is 0 Å². The number of hydrogen-bond acceptors (Lipinski definition) is 2. The van der Waals surface area contributed by atoms with E-state index < -0.39 is 5.54 Å². The fourth-order valence-corrected chi connectivity index (χ4v) is 3.76. The summed E-state index contributed by atoms with van der Waals surface area (Å²) in [7, 11) is 0. The number of amides is 1. The summed E-state index contributed by atoms with van der Waals surface area (Å²) in [5.74, 6) is 0.0804. The number of rotatable bonds is 2. The van der Waals surface area contributed by atoms with Crippen LogP contribution in [0, 0.1) is 0 Å². The Kier molecular flexibility index (Phi) is 2.82. The minimum atomic E-state index is -0.658. The van der Waals surface area contributed by atoms with Crippen LogP contribution in [0.4, 0.5) is 5.69 Å². The Bertz CT molecular complexity index is 677. The molecule has 1 atom stereocenters. The van der Waals surface area contributed by atoms with Crippen LogP contribution in [0.25, 0.3) is 0 Å². The first kappa shape index (κ1) is 12.6. The van der Waals surface area contributed by atoms with E-state index in [1.165, 1.54) is 0 Å². The molecule has 1 fully saturated rings. The molecule has 0 saturated carbocycles. The lowest BCUT2D eigenvalue weighted by molar-refractivity contribution is -0.124. The molecule has 1 saturated heterocycles. The van der Waals surface area contributed by atoms with E-state index in [0.717, 1.165) is 42.7 Å². The van der Waals surface area contributed by atoms with E-state index in [1.807, 2.05) is 36.4 Å². The summed E-state index contributed by atoms with van der Waals surface area (Å²) in [6.45, 7) is 1.94. The van der Waals surface area contributed by atoms with Crippen LogP contribution in [0.5, 0.6) is 0 Å². The minimum absolute atomic E-state index is 0.0804. The summed E-state index contributed by atoms with van der Waals surface area (Å²) >= 11 is 0. The smallest absolute Gasteiger partial charge is 0.254 e. The molecule has 1 amide bonds. The van der Waals surface area contributed by atoms with Crippen LogP contribution in [-0.4, -0.2) is 23.9 Å². The number of para-hydroxylation sites is 1. The zero-order valence-electron chi connectivity index (χ0n) is 11.9. The Morgan fingerprint density at radius 3 is 2.33 bits per heavy atom. The first-order valence-electron chi connectivity index (χ1n) is 7.55. The van der Waals surface area contributed by atoms with Crippen molar-refractivity contribution in [2.75, 3.05) is 18.4 Å². The molecule has 2 heterocycles. The van der Waals surface area contributed by atoms with Gasteiger partial charge in [0.1, 0.15) is 0 Å². The van der Waals surface area contributed by atoms with Gasteiger partial charge in [0.2, 0.25) is 0 Å². The molecule has 0 radical (unpaired) electrons. The Morgan fingerprint density at radius 2 is 1.57 bits per heavy atom. The Balaban J connectivity index is 1.98. The van der Waals surface area contributed by atoms with E-state index in [1.54, 1.807) is 0 Å².